The monoisotopic (exact) mass is 174 g/mol. The van der Waals surface area contributed by atoms with Crippen LogP contribution in [-0.2, 0) is 9.47 Å². The Morgan fingerprint density at radius 2 is 1.18 bits per heavy atom. The van der Waals surface area contributed by atoms with Crippen LogP contribution in [0.15, 0.2) is 0 Å². The first-order valence-corrected chi connectivity index (χ1v) is 1.88. The van der Waals surface area contributed by atoms with E-state index in [1.54, 1.807) is 0 Å². The molecule has 2 N–H and O–H groups in total. The zero-order valence-electron chi connectivity index (χ0n) is 4.44. The molecule has 0 atom stereocenters. The van der Waals surface area contributed by atoms with E-state index in [2.05, 4.69) is 9.47 Å². The zero-order chi connectivity index (χ0) is 8.15. The Kier molecular flexibility index (Phi) is 6.96. The van der Waals surface area contributed by atoms with Gasteiger partial charge in [0.1, 0.15) is 0 Å². The van der Waals surface area contributed by atoms with Crippen LogP contribution in [0.25, 0.3) is 0 Å². The van der Waals surface area contributed by atoms with Crippen molar-refractivity contribution >= 4 is 48.0 Å². The van der Waals surface area contributed by atoms with Crippen LogP contribution in [0.2, 0.25) is 0 Å². The summed E-state index contributed by atoms with van der Waals surface area (Å²) >= 11 is 0. The minimum atomic E-state index is -1.92. The number of carboxylic acid groups (broad SMARTS) is 2. The third-order valence-electron chi connectivity index (χ3n) is 0.341. The summed E-state index contributed by atoms with van der Waals surface area (Å²) in [5.74, 6) is 0. The second-order valence-corrected chi connectivity index (χ2v) is 0.986. The molecule has 11 heavy (non-hydrogen) atoms. The number of ether oxygens (including phenoxy) is 2. The molecule has 8 heteroatoms. The quantitative estimate of drug-likeness (QED) is 0.298. The summed E-state index contributed by atoms with van der Waals surface area (Å²) in [5, 5.41) is 15.4. The average molecular weight is 174 g/mol. The van der Waals surface area contributed by atoms with Crippen molar-refractivity contribution in [3.8, 4) is 0 Å². The van der Waals surface area contributed by atoms with Crippen LogP contribution in [0.1, 0.15) is 0 Å². The number of hydrogen-bond acceptors (Lipinski definition) is 5. The second-order valence-electron chi connectivity index (χ2n) is 0.986. The van der Waals surface area contributed by atoms with E-state index in [0.717, 1.165) is 0 Å². The summed E-state index contributed by atoms with van der Waals surface area (Å²) in [6.45, 7) is 0. The summed E-state index contributed by atoms with van der Waals surface area (Å²) in [6, 6.07) is 0. The van der Waals surface area contributed by atoms with Crippen LogP contribution < -0.4 is 0 Å². The summed E-state index contributed by atoms with van der Waals surface area (Å²) in [4.78, 5) is 28.8. The number of hydrogen-bond donors (Lipinski definition) is 2. The van der Waals surface area contributed by atoms with Crippen molar-refractivity contribution in [2.75, 3.05) is 0 Å². The predicted molar refractivity (Wildman–Crippen MR) is 30.8 cm³/mol. The van der Waals surface area contributed by atoms with E-state index in [1.807, 2.05) is 0 Å². The summed E-state index contributed by atoms with van der Waals surface area (Å²) in [6.07, 6.45) is -5.64. The Morgan fingerprint density at radius 1 is 0.909 bits per heavy atom. The Bertz CT molecular complexity index is 157. The molecular formula is C3H3NaO7. The summed E-state index contributed by atoms with van der Waals surface area (Å²) in [7, 11) is 0. The number of rotatable bonds is 0. The van der Waals surface area contributed by atoms with Gasteiger partial charge in [-0.25, -0.2) is 14.4 Å². The van der Waals surface area contributed by atoms with E-state index < -0.39 is 18.5 Å². The molecule has 0 radical (unpaired) electrons. The molecule has 0 bridgehead atoms. The fraction of sp³-hybridized carbons (Fsp3) is 0. The topological polar surface area (TPSA) is 110 Å². The van der Waals surface area contributed by atoms with E-state index in [1.165, 1.54) is 0 Å². The van der Waals surface area contributed by atoms with Gasteiger partial charge in [0.05, 0.1) is 0 Å². The van der Waals surface area contributed by atoms with Crippen LogP contribution in [-0.4, -0.2) is 58.2 Å². The Labute approximate surface area is 82.2 Å². The van der Waals surface area contributed by atoms with Crippen LogP contribution in [0, 0.1) is 0 Å². The zero-order valence-corrected chi connectivity index (χ0v) is 4.44. The van der Waals surface area contributed by atoms with Gasteiger partial charge < -0.3 is 19.7 Å². The molecule has 0 aromatic rings. The molecule has 0 aromatic heterocycles. The van der Waals surface area contributed by atoms with Gasteiger partial charge >= 0.3 is 48.0 Å². The normalized spacial score (nSPS) is 7.27. The van der Waals surface area contributed by atoms with Crippen molar-refractivity contribution in [3.05, 3.63) is 0 Å². The third kappa shape index (κ3) is 9.21. The molecule has 0 rings (SSSR count). The first-order chi connectivity index (χ1) is 4.52. The molecule has 0 aromatic carbocycles. The Hall–Kier alpha value is -0.790. The van der Waals surface area contributed by atoms with Gasteiger partial charge in [0.15, 0.2) is 0 Å². The van der Waals surface area contributed by atoms with Gasteiger partial charge in [0.25, 0.3) is 0 Å². The van der Waals surface area contributed by atoms with Gasteiger partial charge in [0, 0.05) is 0 Å². The van der Waals surface area contributed by atoms with E-state index >= 15 is 0 Å². The van der Waals surface area contributed by atoms with Crippen LogP contribution in [0.5, 0.6) is 0 Å². The van der Waals surface area contributed by atoms with E-state index in [9.17, 15) is 14.4 Å². The molecule has 0 fully saturated rings. The van der Waals surface area contributed by atoms with Crippen molar-refractivity contribution in [3.63, 3.8) is 0 Å². The fourth-order valence-electron chi connectivity index (χ4n) is 0.163. The molecule has 0 heterocycles. The van der Waals surface area contributed by atoms with Crippen molar-refractivity contribution in [1.82, 2.24) is 0 Å². The Morgan fingerprint density at radius 3 is 1.36 bits per heavy atom. The standard InChI is InChI=1S/C3H2O7.Na.H/c4-1(5)9-3(8)10-2(6)7;;/h(H,4,5)(H,6,7);;. The van der Waals surface area contributed by atoms with E-state index in [0.29, 0.717) is 0 Å². The maximum absolute atomic E-state index is 9.86. The van der Waals surface area contributed by atoms with Gasteiger partial charge in [-0.05, 0) is 0 Å². The molecule has 0 unspecified atom stereocenters. The second kappa shape index (κ2) is 5.96. The molecule has 0 aliphatic rings. The van der Waals surface area contributed by atoms with Crippen molar-refractivity contribution in [2.45, 2.75) is 0 Å². The van der Waals surface area contributed by atoms with E-state index in [-0.39, 0.29) is 29.6 Å². The van der Waals surface area contributed by atoms with Gasteiger partial charge in [0.2, 0.25) is 0 Å². The van der Waals surface area contributed by atoms with Crippen molar-refractivity contribution in [1.29, 1.82) is 0 Å². The van der Waals surface area contributed by atoms with Crippen LogP contribution >= 0.6 is 0 Å². The molecule has 0 amide bonds. The fourth-order valence-corrected chi connectivity index (χ4v) is 0.163. The average Bonchev–Trinajstić information content (AvgIpc) is 1.58. The molecule has 0 aliphatic heterocycles. The molecule has 7 nitrogen and oxygen atoms in total. The SMILES string of the molecule is O=C(O)OC(=O)OC(=O)O.[NaH]. The number of carbonyl (C=O) groups excluding carboxylic acids is 1. The van der Waals surface area contributed by atoms with Gasteiger partial charge in [-0.1, -0.05) is 0 Å². The molecule has 0 spiro atoms. The van der Waals surface area contributed by atoms with Crippen LogP contribution in [0.4, 0.5) is 14.4 Å². The number of carbonyl (C=O) groups is 3. The Balaban J connectivity index is 0. The van der Waals surface area contributed by atoms with Crippen molar-refractivity contribution < 1.29 is 34.1 Å². The van der Waals surface area contributed by atoms with Crippen LogP contribution in [0.3, 0.4) is 0 Å². The van der Waals surface area contributed by atoms with Gasteiger partial charge in [-0.15, -0.1) is 0 Å². The first-order valence-electron chi connectivity index (χ1n) is 1.88. The summed E-state index contributed by atoms with van der Waals surface area (Å²) < 4.78 is 6.47. The molecule has 0 aliphatic carbocycles. The van der Waals surface area contributed by atoms with E-state index in [4.69, 9.17) is 10.2 Å². The molecule has 0 saturated carbocycles. The van der Waals surface area contributed by atoms with Gasteiger partial charge in [-0.3, -0.25) is 0 Å². The maximum atomic E-state index is 9.86. The minimum absolute atomic E-state index is 0. The first kappa shape index (κ1) is 12.8. The van der Waals surface area contributed by atoms with Gasteiger partial charge in [-0.2, -0.15) is 0 Å². The molecule has 58 valence electrons. The molecular weight excluding hydrogens is 171 g/mol. The third-order valence-corrected chi connectivity index (χ3v) is 0.341. The predicted octanol–water partition coefficient (Wildman–Crippen LogP) is -0.153. The molecule has 0 saturated heterocycles. The van der Waals surface area contributed by atoms with Crippen molar-refractivity contribution in [2.24, 2.45) is 0 Å². The summed E-state index contributed by atoms with van der Waals surface area (Å²) in [5.41, 5.74) is 0.